The normalized spacial score (nSPS) is 11.4. The fourth-order valence-electron chi connectivity index (χ4n) is 1.69. The third kappa shape index (κ3) is 3.94. The number of nitrogens with zero attached hydrogens (tertiary/aromatic N) is 2. The summed E-state index contributed by atoms with van der Waals surface area (Å²) in [6, 6.07) is 4.61. The van der Waals surface area contributed by atoms with Gasteiger partial charge in [-0.15, -0.1) is 0 Å². The highest BCUT2D eigenvalue weighted by atomic mass is 19.4. The molecule has 0 radical (unpaired) electrons. The number of carboxylic acids is 1. The van der Waals surface area contributed by atoms with Crippen LogP contribution in [0.5, 0.6) is 0 Å². The van der Waals surface area contributed by atoms with Crippen molar-refractivity contribution in [3.05, 3.63) is 59.3 Å². The molecule has 0 fully saturated rings. The maximum atomic E-state index is 12.4. The van der Waals surface area contributed by atoms with E-state index in [1.54, 1.807) is 0 Å². The van der Waals surface area contributed by atoms with Gasteiger partial charge >= 0.3 is 12.1 Å². The molecule has 0 unspecified atom stereocenters. The molecule has 0 bridgehead atoms. The van der Waals surface area contributed by atoms with Gasteiger partial charge in [0.2, 0.25) is 5.89 Å². The number of hydrogen-bond donors (Lipinski definition) is 1. The third-order valence-electron chi connectivity index (χ3n) is 2.82. The Balaban J connectivity index is 2.04. The van der Waals surface area contributed by atoms with Crippen LogP contribution in [0.2, 0.25) is 0 Å². The van der Waals surface area contributed by atoms with Gasteiger partial charge in [0, 0.05) is 12.0 Å². The number of hydrogen-bond acceptors (Lipinski definition) is 4. The van der Waals surface area contributed by atoms with Crippen molar-refractivity contribution < 1.29 is 27.6 Å². The van der Waals surface area contributed by atoms with Gasteiger partial charge in [-0.3, -0.25) is 0 Å². The number of alkyl halides is 3. The fraction of sp³-hybridized carbons (Fsp3) is 0.214. The van der Waals surface area contributed by atoms with E-state index in [2.05, 4.69) is 16.7 Å². The number of carboxylic acid groups (broad SMARTS) is 1. The van der Waals surface area contributed by atoms with Crippen LogP contribution in [0, 0.1) is 0 Å². The monoisotopic (exact) mass is 312 g/mol. The summed E-state index contributed by atoms with van der Waals surface area (Å²) in [6.07, 6.45) is -4.29. The first-order chi connectivity index (χ1) is 10.3. The number of halogens is 3. The number of aliphatic carboxylic acids is 1. The molecule has 22 heavy (non-hydrogen) atoms. The summed E-state index contributed by atoms with van der Waals surface area (Å²) in [7, 11) is 0. The second kappa shape index (κ2) is 6.00. The first-order valence-corrected chi connectivity index (χ1v) is 6.14. The van der Waals surface area contributed by atoms with Crippen molar-refractivity contribution in [2.75, 3.05) is 0 Å². The highest BCUT2D eigenvalue weighted by Crippen LogP contribution is 2.29. The van der Waals surface area contributed by atoms with Crippen LogP contribution in [0.25, 0.3) is 0 Å². The SMILES string of the molecule is C=C(Cc1nc(Cc2ccc(C(F)(F)F)cc2)no1)C(=O)O. The van der Waals surface area contributed by atoms with Crippen LogP contribution in [0.15, 0.2) is 40.9 Å². The molecule has 0 aliphatic carbocycles. The Morgan fingerprint density at radius 2 is 1.91 bits per heavy atom. The van der Waals surface area contributed by atoms with E-state index in [1.165, 1.54) is 12.1 Å². The van der Waals surface area contributed by atoms with Gasteiger partial charge in [-0.2, -0.15) is 18.2 Å². The molecule has 0 spiro atoms. The molecule has 1 aromatic carbocycles. The Bertz CT molecular complexity index is 690. The lowest BCUT2D eigenvalue weighted by Crippen LogP contribution is -2.04. The van der Waals surface area contributed by atoms with E-state index in [0.29, 0.717) is 5.56 Å². The average molecular weight is 312 g/mol. The smallest absolute Gasteiger partial charge is 0.416 e. The van der Waals surface area contributed by atoms with Gasteiger partial charge < -0.3 is 9.63 Å². The molecule has 2 rings (SSSR count). The highest BCUT2D eigenvalue weighted by Gasteiger charge is 2.29. The van der Waals surface area contributed by atoms with E-state index in [9.17, 15) is 18.0 Å². The zero-order valence-electron chi connectivity index (χ0n) is 11.2. The lowest BCUT2D eigenvalue weighted by atomic mass is 10.1. The first-order valence-electron chi connectivity index (χ1n) is 6.14. The third-order valence-corrected chi connectivity index (χ3v) is 2.82. The Morgan fingerprint density at radius 3 is 2.45 bits per heavy atom. The lowest BCUT2D eigenvalue weighted by molar-refractivity contribution is -0.137. The van der Waals surface area contributed by atoms with E-state index in [1.807, 2.05) is 0 Å². The van der Waals surface area contributed by atoms with Crippen molar-refractivity contribution in [2.24, 2.45) is 0 Å². The van der Waals surface area contributed by atoms with Crippen molar-refractivity contribution in [2.45, 2.75) is 19.0 Å². The molecule has 8 heteroatoms. The van der Waals surface area contributed by atoms with Gasteiger partial charge in [0.15, 0.2) is 5.82 Å². The number of benzene rings is 1. The summed E-state index contributed by atoms with van der Waals surface area (Å²) in [5.74, 6) is -0.815. The topological polar surface area (TPSA) is 76.2 Å². The molecule has 5 nitrogen and oxygen atoms in total. The van der Waals surface area contributed by atoms with E-state index in [0.717, 1.165) is 12.1 Å². The molecule has 0 saturated heterocycles. The summed E-state index contributed by atoms with van der Waals surface area (Å²) in [5.41, 5.74) is -0.245. The Labute approximate surface area is 123 Å². The van der Waals surface area contributed by atoms with E-state index < -0.39 is 17.7 Å². The van der Waals surface area contributed by atoms with E-state index in [4.69, 9.17) is 9.63 Å². The van der Waals surface area contributed by atoms with Crippen LogP contribution in [-0.4, -0.2) is 21.2 Å². The van der Waals surface area contributed by atoms with Gasteiger partial charge in [0.05, 0.1) is 12.0 Å². The summed E-state index contributed by atoms with van der Waals surface area (Å²) < 4.78 is 42.2. The van der Waals surface area contributed by atoms with Gasteiger partial charge in [-0.25, -0.2) is 4.79 Å². The standard InChI is InChI=1S/C14H11F3N2O3/c1-8(13(20)21)6-12-18-11(19-22-12)7-9-2-4-10(5-3-9)14(15,16)17/h2-5H,1,6-7H2,(H,20,21). The summed E-state index contributed by atoms with van der Waals surface area (Å²) in [6.45, 7) is 3.34. The molecule has 0 amide bonds. The van der Waals surface area contributed by atoms with E-state index >= 15 is 0 Å². The second-order valence-electron chi connectivity index (χ2n) is 4.56. The van der Waals surface area contributed by atoms with Crippen LogP contribution in [-0.2, 0) is 23.8 Å². The number of aromatic nitrogens is 2. The molecule has 1 N–H and O–H groups in total. The molecule has 1 aromatic heterocycles. The minimum absolute atomic E-state index is 0.0880. The highest BCUT2D eigenvalue weighted by molar-refractivity contribution is 5.86. The Morgan fingerprint density at radius 1 is 1.27 bits per heavy atom. The van der Waals surface area contributed by atoms with Gasteiger partial charge in [0.1, 0.15) is 0 Å². The van der Waals surface area contributed by atoms with Crippen molar-refractivity contribution in [3.63, 3.8) is 0 Å². The quantitative estimate of drug-likeness (QED) is 0.859. The molecule has 0 aliphatic rings. The van der Waals surface area contributed by atoms with Crippen LogP contribution in [0.3, 0.4) is 0 Å². The van der Waals surface area contributed by atoms with Crippen LogP contribution in [0.4, 0.5) is 13.2 Å². The predicted octanol–water partition coefficient (Wildman–Crippen LogP) is 2.86. The van der Waals surface area contributed by atoms with E-state index in [-0.39, 0.29) is 30.1 Å². The molecule has 116 valence electrons. The summed E-state index contributed by atoms with van der Waals surface area (Å²) >= 11 is 0. The lowest BCUT2D eigenvalue weighted by Gasteiger charge is -2.06. The average Bonchev–Trinajstić information content (AvgIpc) is 2.85. The van der Waals surface area contributed by atoms with Gasteiger partial charge in [-0.05, 0) is 17.7 Å². The number of rotatable bonds is 5. The van der Waals surface area contributed by atoms with Crippen molar-refractivity contribution >= 4 is 5.97 Å². The molecular weight excluding hydrogens is 301 g/mol. The molecule has 2 aromatic rings. The molecule has 1 heterocycles. The number of carbonyl (C=O) groups is 1. The van der Waals surface area contributed by atoms with Crippen molar-refractivity contribution in [3.8, 4) is 0 Å². The minimum atomic E-state index is -4.38. The molecular formula is C14H11F3N2O3. The maximum Gasteiger partial charge on any atom is 0.416 e. The van der Waals surface area contributed by atoms with Gasteiger partial charge in [0.25, 0.3) is 0 Å². The first kappa shape index (κ1) is 15.7. The Hall–Kier alpha value is -2.64. The summed E-state index contributed by atoms with van der Waals surface area (Å²) in [5, 5.41) is 12.3. The Kier molecular flexibility index (Phi) is 4.30. The van der Waals surface area contributed by atoms with Gasteiger partial charge in [-0.1, -0.05) is 23.9 Å². The molecule has 0 aliphatic heterocycles. The van der Waals surface area contributed by atoms with Crippen LogP contribution >= 0.6 is 0 Å². The predicted molar refractivity (Wildman–Crippen MR) is 69.0 cm³/mol. The van der Waals surface area contributed by atoms with Crippen LogP contribution in [0.1, 0.15) is 22.8 Å². The van der Waals surface area contributed by atoms with Crippen molar-refractivity contribution in [1.29, 1.82) is 0 Å². The fourth-order valence-corrected chi connectivity index (χ4v) is 1.69. The van der Waals surface area contributed by atoms with Crippen LogP contribution < -0.4 is 0 Å². The largest absolute Gasteiger partial charge is 0.478 e. The zero-order chi connectivity index (χ0) is 16.3. The molecule has 0 saturated carbocycles. The molecule has 0 atom stereocenters. The minimum Gasteiger partial charge on any atom is -0.478 e. The van der Waals surface area contributed by atoms with Crippen molar-refractivity contribution in [1.82, 2.24) is 10.1 Å². The maximum absolute atomic E-state index is 12.4. The zero-order valence-corrected chi connectivity index (χ0v) is 11.2. The summed E-state index contributed by atoms with van der Waals surface area (Å²) in [4.78, 5) is 14.6. The second-order valence-corrected chi connectivity index (χ2v) is 4.56.